The maximum atomic E-state index is 11.4. The molecular weight excluding hydrogens is 254 g/mol. The highest BCUT2D eigenvalue weighted by molar-refractivity contribution is 5.67. The normalized spacial score (nSPS) is 12.1. The highest BCUT2D eigenvalue weighted by Crippen LogP contribution is 2.08. The summed E-state index contributed by atoms with van der Waals surface area (Å²) in [4.78, 5) is 11.4. The van der Waals surface area contributed by atoms with E-state index in [1.54, 1.807) is 0 Å². The molecule has 0 aliphatic rings. The molecule has 0 aromatic carbocycles. The van der Waals surface area contributed by atoms with Crippen LogP contribution in [0.5, 0.6) is 0 Å². The van der Waals surface area contributed by atoms with Gasteiger partial charge in [0.05, 0.1) is 6.20 Å². The van der Waals surface area contributed by atoms with Gasteiger partial charge in [0.15, 0.2) is 0 Å². The second kappa shape index (κ2) is 7.12. The molecule has 112 valence electrons. The van der Waals surface area contributed by atoms with Crippen molar-refractivity contribution in [3.05, 3.63) is 24.0 Å². The van der Waals surface area contributed by atoms with Gasteiger partial charge in [0, 0.05) is 24.3 Å². The highest BCUT2D eigenvalue weighted by Gasteiger charge is 2.15. The van der Waals surface area contributed by atoms with E-state index in [4.69, 9.17) is 4.74 Å². The maximum absolute atomic E-state index is 11.4. The number of hydrogen-bond donors (Lipinski definition) is 1. The number of alkyl carbamates (subject to hydrolysis) is 1. The summed E-state index contributed by atoms with van der Waals surface area (Å²) in [6.07, 6.45) is 8.23. The van der Waals surface area contributed by atoms with Crippen LogP contribution in [0.2, 0.25) is 0 Å². The molecule has 0 aliphatic carbocycles. The molecule has 0 fully saturated rings. The second-order valence-corrected chi connectivity index (χ2v) is 5.97. The van der Waals surface area contributed by atoms with Gasteiger partial charge in [0.1, 0.15) is 5.60 Å². The maximum Gasteiger partial charge on any atom is 0.407 e. The minimum absolute atomic E-state index is 0.367. The van der Waals surface area contributed by atoms with Crippen molar-refractivity contribution in [1.29, 1.82) is 0 Å². The summed E-state index contributed by atoms with van der Waals surface area (Å²) >= 11 is 0. The van der Waals surface area contributed by atoms with Gasteiger partial charge in [0.2, 0.25) is 0 Å². The average Bonchev–Trinajstić information content (AvgIpc) is 2.75. The van der Waals surface area contributed by atoms with E-state index < -0.39 is 5.60 Å². The van der Waals surface area contributed by atoms with Crippen molar-refractivity contribution in [2.24, 2.45) is 0 Å². The van der Waals surface area contributed by atoms with Crippen LogP contribution in [0.3, 0.4) is 0 Å². The van der Waals surface area contributed by atoms with Crippen molar-refractivity contribution in [3.8, 4) is 0 Å². The zero-order valence-electron chi connectivity index (χ0n) is 13.0. The van der Waals surface area contributed by atoms with Crippen molar-refractivity contribution in [2.45, 2.75) is 52.7 Å². The Morgan fingerprint density at radius 3 is 2.75 bits per heavy atom. The minimum atomic E-state index is -0.453. The Labute approximate surface area is 121 Å². The Morgan fingerprint density at radius 2 is 2.20 bits per heavy atom. The van der Waals surface area contributed by atoms with E-state index in [9.17, 15) is 4.79 Å². The van der Waals surface area contributed by atoms with E-state index in [2.05, 4.69) is 24.3 Å². The van der Waals surface area contributed by atoms with Crippen LogP contribution < -0.4 is 5.32 Å². The summed E-state index contributed by atoms with van der Waals surface area (Å²) < 4.78 is 7.06. The van der Waals surface area contributed by atoms with Crippen LogP contribution in [0, 0.1) is 0 Å². The summed E-state index contributed by atoms with van der Waals surface area (Å²) in [5.41, 5.74) is 0.613. The van der Waals surface area contributed by atoms with Crippen LogP contribution in [-0.4, -0.2) is 28.0 Å². The lowest BCUT2D eigenvalue weighted by Gasteiger charge is -2.19. The molecule has 5 heteroatoms. The molecule has 0 atom stereocenters. The summed E-state index contributed by atoms with van der Waals surface area (Å²) in [7, 11) is 0. The Balaban J connectivity index is 2.26. The van der Waals surface area contributed by atoms with Crippen molar-refractivity contribution < 1.29 is 9.53 Å². The first-order valence-corrected chi connectivity index (χ1v) is 6.95. The molecule has 1 heterocycles. The number of ether oxygens (including phenoxy) is 1. The molecule has 0 bridgehead atoms. The van der Waals surface area contributed by atoms with Gasteiger partial charge in [-0.05, 0) is 41.0 Å². The number of amides is 1. The Kier molecular flexibility index (Phi) is 5.80. The number of nitrogens with one attached hydrogen (secondary N) is 1. The van der Waals surface area contributed by atoms with Gasteiger partial charge in [-0.15, -0.1) is 0 Å². The monoisotopic (exact) mass is 279 g/mol. The number of nitrogens with zero attached hydrogens (tertiary/aromatic N) is 2. The van der Waals surface area contributed by atoms with Crippen LogP contribution in [0.25, 0.3) is 6.08 Å². The first kappa shape index (κ1) is 16.3. The zero-order chi connectivity index (χ0) is 15.2. The Hall–Kier alpha value is -1.78. The van der Waals surface area contributed by atoms with E-state index >= 15 is 0 Å². The van der Waals surface area contributed by atoms with Crippen molar-refractivity contribution in [2.75, 3.05) is 6.54 Å². The van der Waals surface area contributed by atoms with Crippen molar-refractivity contribution >= 4 is 12.2 Å². The lowest BCUT2D eigenvalue weighted by molar-refractivity contribution is 0.0529. The third-order valence-corrected chi connectivity index (χ3v) is 2.44. The van der Waals surface area contributed by atoms with Crippen LogP contribution in [0.15, 0.2) is 18.5 Å². The predicted octanol–water partition coefficient (Wildman–Crippen LogP) is 3.39. The molecule has 5 nitrogen and oxygen atoms in total. The predicted molar refractivity (Wildman–Crippen MR) is 80.5 cm³/mol. The van der Waals surface area contributed by atoms with Crippen molar-refractivity contribution in [3.63, 3.8) is 0 Å². The smallest absolute Gasteiger partial charge is 0.407 e. The fourth-order valence-corrected chi connectivity index (χ4v) is 1.51. The van der Waals surface area contributed by atoms with Gasteiger partial charge >= 0.3 is 6.09 Å². The van der Waals surface area contributed by atoms with Crippen LogP contribution >= 0.6 is 0 Å². The zero-order valence-corrected chi connectivity index (χ0v) is 13.0. The quantitative estimate of drug-likeness (QED) is 0.840. The first-order valence-electron chi connectivity index (χ1n) is 6.95. The van der Waals surface area contributed by atoms with Gasteiger partial charge in [-0.1, -0.05) is 12.2 Å². The molecule has 1 amide bonds. The summed E-state index contributed by atoms with van der Waals surface area (Å²) in [6.45, 7) is 10.3. The number of aromatic nitrogens is 2. The first-order chi connectivity index (χ1) is 9.28. The number of carbonyl (C=O) groups excluding carboxylic acids is 1. The molecular formula is C15H25N3O2. The molecule has 1 aromatic heterocycles. The molecule has 1 aromatic rings. The molecule has 0 radical (unpaired) electrons. The third-order valence-electron chi connectivity index (χ3n) is 2.44. The second-order valence-electron chi connectivity index (χ2n) is 5.97. The van der Waals surface area contributed by atoms with Gasteiger partial charge in [0.25, 0.3) is 0 Å². The van der Waals surface area contributed by atoms with Gasteiger partial charge < -0.3 is 10.1 Å². The van der Waals surface area contributed by atoms with Gasteiger partial charge in [-0.25, -0.2) is 4.79 Å². The van der Waals surface area contributed by atoms with Gasteiger partial charge in [-0.3, -0.25) is 4.68 Å². The lowest BCUT2D eigenvalue weighted by Crippen LogP contribution is -2.32. The van der Waals surface area contributed by atoms with Crippen LogP contribution in [-0.2, 0) is 4.74 Å². The Bertz CT molecular complexity index is 456. The molecule has 0 spiro atoms. The van der Waals surface area contributed by atoms with E-state index in [-0.39, 0.29) is 6.09 Å². The summed E-state index contributed by atoms with van der Waals surface area (Å²) in [5.74, 6) is 0. The largest absolute Gasteiger partial charge is 0.444 e. The fraction of sp³-hybridized carbons (Fsp3) is 0.600. The fourth-order valence-electron chi connectivity index (χ4n) is 1.51. The van der Waals surface area contributed by atoms with Crippen LogP contribution in [0.1, 0.15) is 52.6 Å². The van der Waals surface area contributed by atoms with Gasteiger partial charge in [-0.2, -0.15) is 5.10 Å². The molecule has 0 saturated heterocycles. The SMILES string of the molecule is CC(C)n1cc(C=CCCNC(=O)OC(C)(C)C)cn1. The number of carbonyl (C=O) groups is 1. The molecule has 0 saturated carbocycles. The topological polar surface area (TPSA) is 56.2 Å². The van der Waals surface area contributed by atoms with E-state index in [0.717, 1.165) is 12.0 Å². The number of rotatable bonds is 5. The summed E-state index contributed by atoms with van der Waals surface area (Å²) in [6, 6.07) is 0.367. The highest BCUT2D eigenvalue weighted by atomic mass is 16.6. The van der Waals surface area contributed by atoms with E-state index in [1.165, 1.54) is 0 Å². The van der Waals surface area contributed by atoms with E-state index in [0.29, 0.717) is 12.6 Å². The molecule has 0 unspecified atom stereocenters. The van der Waals surface area contributed by atoms with Crippen LogP contribution in [0.4, 0.5) is 4.79 Å². The third kappa shape index (κ3) is 6.41. The lowest BCUT2D eigenvalue weighted by atomic mass is 10.2. The van der Waals surface area contributed by atoms with E-state index in [1.807, 2.05) is 50.0 Å². The average molecular weight is 279 g/mol. The van der Waals surface area contributed by atoms with Crippen molar-refractivity contribution in [1.82, 2.24) is 15.1 Å². The molecule has 1 rings (SSSR count). The minimum Gasteiger partial charge on any atom is -0.444 e. The molecule has 1 N–H and O–H groups in total. The molecule has 20 heavy (non-hydrogen) atoms. The standard InChI is InChI=1S/C15H25N3O2/c1-12(2)18-11-13(10-17-18)8-6-7-9-16-14(19)20-15(3,4)5/h6,8,10-12H,7,9H2,1-5H3,(H,16,19). The number of hydrogen-bond acceptors (Lipinski definition) is 3. The summed E-state index contributed by atoms with van der Waals surface area (Å²) in [5, 5.41) is 6.97. The Morgan fingerprint density at radius 1 is 1.50 bits per heavy atom. The molecule has 0 aliphatic heterocycles.